The fourth-order valence-electron chi connectivity index (χ4n) is 1.32. The summed E-state index contributed by atoms with van der Waals surface area (Å²) < 4.78 is 27.1. The van der Waals surface area contributed by atoms with Crippen molar-refractivity contribution in [2.45, 2.75) is 24.0 Å². The second kappa shape index (κ2) is 5.53. The van der Waals surface area contributed by atoms with Gasteiger partial charge in [-0.15, -0.1) is 5.10 Å². The van der Waals surface area contributed by atoms with Gasteiger partial charge >= 0.3 is 5.97 Å². The minimum atomic E-state index is -3.96. The first-order chi connectivity index (χ1) is 8.55. The van der Waals surface area contributed by atoms with Gasteiger partial charge in [-0.1, -0.05) is 5.21 Å². The number of nitrogens with zero attached hydrogens (tertiary/aromatic N) is 3. The Kier molecular flexibility index (Phi) is 4.66. The Hall–Kier alpha value is -1.04. The van der Waals surface area contributed by atoms with Crippen LogP contribution in [-0.2, 0) is 21.9 Å². The fraction of sp³-hybridized carbons (Fsp3) is 0.625. The van der Waals surface area contributed by atoms with Gasteiger partial charge in [0.1, 0.15) is 0 Å². The summed E-state index contributed by atoms with van der Waals surface area (Å²) in [4.78, 5) is 10.5. The molecule has 0 bridgehead atoms. The van der Waals surface area contributed by atoms with Gasteiger partial charge in [0, 0.05) is 13.6 Å². The molecule has 0 aliphatic heterocycles. The molecule has 0 amide bonds. The van der Waals surface area contributed by atoms with E-state index in [2.05, 4.69) is 31.0 Å². The quantitative estimate of drug-likeness (QED) is 0.599. The number of hydrogen-bond donors (Lipinski definition) is 3. The molecule has 0 aromatic carbocycles. The van der Waals surface area contributed by atoms with Crippen molar-refractivity contribution in [3.8, 4) is 0 Å². The van der Waals surface area contributed by atoms with Crippen molar-refractivity contribution in [1.29, 1.82) is 0 Å². The van der Waals surface area contributed by atoms with Crippen molar-refractivity contribution in [3.63, 3.8) is 0 Å². The van der Waals surface area contributed by atoms with E-state index in [-0.39, 0.29) is 9.63 Å². The maximum absolute atomic E-state index is 12.0. The Bertz CT molecular complexity index is 562. The summed E-state index contributed by atoms with van der Waals surface area (Å²) in [5.74, 6) is -1.23. The van der Waals surface area contributed by atoms with E-state index in [0.29, 0.717) is 0 Å². The Morgan fingerprint density at radius 2 is 2.16 bits per heavy atom. The van der Waals surface area contributed by atoms with Gasteiger partial charge in [0.25, 0.3) is 10.0 Å². The number of aliphatic carboxylic acids is 1. The zero-order chi connectivity index (χ0) is 14.8. The van der Waals surface area contributed by atoms with Crippen LogP contribution in [0.3, 0.4) is 0 Å². The second-order valence-electron chi connectivity index (χ2n) is 4.20. The number of hydrogen-bond acceptors (Lipinski definition) is 6. The summed E-state index contributed by atoms with van der Waals surface area (Å²) in [6, 6.07) is 0. The van der Waals surface area contributed by atoms with Gasteiger partial charge in [-0.05, 0) is 22.9 Å². The van der Waals surface area contributed by atoms with Crippen molar-refractivity contribution in [3.05, 3.63) is 4.60 Å². The number of sulfonamides is 1. The van der Waals surface area contributed by atoms with Crippen LogP contribution in [0.1, 0.15) is 13.3 Å². The van der Waals surface area contributed by atoms with Crippen LogP contribution >= 0.6 is 15.9 Å². The fourth-order valence-corrected chi connectivity index (χ4v) is 3.57. The van der Waals surface area contributed by atoms with Crippen molar-refractivity contribution in [1.82, 2.24) is 19.7 Å². The maximum atomic E-state index is 12.0. The minimum Gasteiger partial charge on any atom is -0.481 e. The lowest BCUT2D eigenvalue weighted by molar-refractivity contribution is -0.141. The first-order valence-electron chi connectivity index (χ1n) is 5.04. The van der Waals surface area contributed by atoms with E-state index in [9.17, 15) is 18.3 Å². The molecule has 0 aliphatic carbocycles. The molecule has 1 rings (SSSR count). The van der Waals surface area contributed by atoms with Crippen LogP contribution in [-0.4, -0.2) is 51.7 Å². The second-order valence-corrected chi connectivity index (χ2v) is 6.63. The van der Waals surface area contributed by atoms with Crippen molar-refractivity contribution < 1.29 is 23.4 Å². The normalized spacial score (nSPS) is 15.2. The lowest BCUT2D eigenvalue weighted by atomic mass is 10.0. The smallest absolute Gasteiger partial charge is 0.306 e. The molecule has 0 aliphatic rings. The molecule has 1 heterocycles. The number of rotatable bonds is 6. The highest BCUT2D eigenvalue weighted by atomic mass is 79.9. The highest BCUT2D eigenvalue weighted by molar-refractivity contribution is 9.10. The predicted molar refractivity (Wildman–Crippen MR) is 66.8 cm³/mol. The number of aryl methyl sites for hydroxylation is 1. The predicted octanol–water partition coefficient (Wildman–Crippen LogP) is -0.918. The van der Waals surface area contributed by atoms with Gasteiger partial charge in [0.2, 0.25) is 5.03 Å². The Labute approximate surface area is 117 Å². The number of carboxylic acid groups (broad SMARTS) is 1. The van der Waals surface area contributed by atoms with Crippen LogP contribution in [0, 0.1) is 0 Å². The summed E-state index contributed by atoms with van der Waals surface area (Å²) in [6.45, 7) is 0.777. The molecule has 1 aromatic rings. The highest BCUT2D eigenvalue weighted by Gasteiger charge is 2.29. The Morgan fingerprint density at radius 3 is 2.58 bits per heavy atom. The lowest BCUT2D eigenvalue weighted by Crippen LogP contribution is -2.42. The van der Waals surface area contributed by atoms with Crippen molar-refractivity contribution in [2.24, 2.45) is 7.05 Å². The molecule has 19 heavy (non-hydrogen) atoms. The van der Waals surface area contributed by atoms with Crippen LogP contribution in [0.4, 0.5) is 0 Å². The van der Waals surface area contributed by atoms with E-state index in [4.69, 9.17) is 5.11 Å². The number of carboxylic acids is 1. The van der Waals surface area contributed by atoms with Crippen molar-refractivity contribution in [2.75, 3.05) is 6.54 Å². The molecule has 0 fully saturated rings. The molecule has 11 heteroatoms. The molecule has 0 saturated carbocycles. The maximum Gasteiger partial charge on any atom is 0.306 e. The van der Waals surface area contributed by atoms with E-state index >= 15 is 0 Å². The van der Waals surface area contributed by atoms with Crippen LogP contribution in [0.5, 0.6) is 0 Å². The van der Waals surface area contributed by atoms with Gasteiger partial charge in [-0.25, -0.2) is 17.8 Å². The summed E-state index contributed by atoms with van der Waals surface area (Å²) in [5.41, 5.74) is -1.70. The topological polar surface area (TPSA) is 134 Å². The monoisotopic (exact) mass is 356 g/mol. The van der Waals surface area contributed by atoms with E-state index in [1.165, 1.54) is 14.0 Å². The van der Waals surface area contributed by atoms with Gasteiger partial charge in [0.05, 0.1) is 12.0 Å². The lowest BCUT2D eigenvalue weighted by Gasteiger charge is -2.21. The molecular formula is C8H13BrN4O5S. The number of aliphatic hydroxyl groups is 1. The van der Waals surface area contributed by atoms with Crippen molar-refractivity contribution >= 4 is 31.9 Å². The van der Waals surface area contributed by atoms with Gasteiger partial charge in [-0.2, -0.15) is 0 Å². The molecule has 1 unspecified atom stereocenters. The van der Waals surface area contributed by atoms with E-state index in [1.807, 2.05) is 0 Å². The van der Waals surface area contributed by atoms with Gasteiger partial charge in [-0.3, -0.25) is 4.79 Å². The average molecular weight is 357 g/mol. The molecule has 1 atom stereocenters. The van der Waals surface area contributed by atoms with Crippen LogP contribution in [0.25, 0.3) is 0 Å². The molecule has 0 radical (unpaired) electrons. The molecule has 1 aromatic heterocycles. The molecule has 108 valence electrons. The summed E-state index contributed by atoms with van der Waals surface area (Å²) in [7, 11) is -2.57. The molecule has 9 nitrogen and oxygen atoms in total. The number of nitrogens with one attached hydrogen (secondary N) is 1. The van der Waals surface area contributed by atoms with Gasteiger partial charge < -0.3 is 10.2 Å². The van der Waals surface area contributed by atoms with Crippen LogP contribution < -0.4 is 4.72 Å². The zero-order valence-electron chi connectivity index (χ0n) is 10.2. The third kappa shape index (κ3) is 4.23. The standard InChI is InChI=1S/C8H13BrN4O5S/c1-8(16,3-5(14)15)4-10-19(17,18)7-6(9)11-12-13(7)2/h10,16H,3-4H2,1-2H3,(H,14,15). The third-order valence-electron chi connectivity index (χ3n) is 2.17. The van der Waals surface area contributed by atoms with E-state index in [0.717, 1.165) is 4.68 Å². The largest absolute Gasteiger partial charge is 0.481 e. The Morgan fingerprint density at radius 1 is 1.58 bits per heavy atom. The van der Waals surface area contributed by atoms with Gasteiger partial charge in [0.15, 0.2) is 4.60 Å². The summed E-state index contributed by atoms with van der Waals surface area (Å²) in [6.07, 6.45) is -0.583. The third-order valence-corrected chi connectivity index (χ3v) is 4.45. The molecule has 0 spiro atoms. The number of carbonyl (C=O) groups is 1. The Balaban J connectivity index is 2.85. The number of halogens is 1. The highest BCUT2D eigenvalue weighted by Crippen LogP contribution is 2.18. The SMILES string of the molecule is Cn1nnc(Br)c1S(=O)(=O)NCC(C)(O)CC(=O)O. The van der Waals surface area contributed by atoms with E-state index < -0.39 is 34.6 Å². The van der Waals surface area contributed by atoms with E-state index in [1.54, 1.807) is 0 Å². The average Bonchev–Trinajstić information content (AvgIpc) is 2.55. The zero-order valence-corrected chi connectivity index (χ0v) is 12.6. The number of aromatic nitrogens is 3. The van der Waals surface area contributed by atoms with Crippen LogP contribution in [0.15, 0.2) is 9.63 Å². The molecule has 3 N–H and O–H groups in total. The van der Waals surface area contributed by atoms with Crippen LogP contribution in [0.2, 0.25) is 0 Å². The first kappa shape index (κ1) is 16.0. The molecular weight excluding hydrogens is 344 g/mol. The summed E-state index contributed by atoms with van der Waals surface area (Å²) >= 11 is 2.94. The minimum absolute atomic E-state index is 0.0281. The first-order valence-corrected chi connectivity index (χ1v) is 7.32. The molecule has 0 saturated heterocycles. The summed E-state index contributed by atoms with van der Waals surface area (Å²) in [5, 5.41) is 25.1.